The predicted molar refractivity (Wildman–Crippen MR) is 90.0 cm³/mol. The third-order valence-corrected chi connectivity index (χ3v) is 3.52. The van der Waals surface area contributed by atoms with Crippen LogP contribution in [0.4, 0.5) is 10.5 Å². The molecule has 0 saturated heterocycles. The molecule has 2 amide bonds. The number of carboxylic acid groups (broad SMARTS) is 1. The predicted octanol–water partition coefficient (Wildman–Crippen LogP) is 3.36. The standard InChI is InChI=1S/C17H26N2O4/c1-5-6-9-23-14-7-8-15(12(2)10-14)18-17(22)19(4)11-13(3)16(20)21/h7-8,10,13H,5-6,9,11H2,1-4H3,(H,18,22)(H,20,21). The number of aryl methyl sites for hydroxylation is 1. The van der Waals surface area contributed by atoms with E-state index in [-0.39, 0.29) is 12.6 Å². The molecule has 0 fully saturated rings. The SMILES string of the molecule is CCCCOc1ccc(NC(=O)N(C)CC(C)C(=O)O)c(C)c1. The molecule has 1 aromatic carbocycles. The van der Waals surface area contributed by atoms with Crippen molar-refractivity contribution >= 4 is 17.7 Å². The fourth-order valence-corrected chi connectivity index (χ4v) is 1.98. The Bertz CT molecular complexity index is 545. The molecule has 0 heterocycles. The van der Waals surface area contributed by atoms with Crippen LogP contribution in [-0.4, -0.2) is 42.2 Å². The van der Waals surface area contributed by atoms with E-state index in [1.807, 2.05) is 19.1 Å². The average Bonchev–Trinajstić information content (AvgIpc) is 2.49. The Labute approximate surface area is 137 Å². The minimum absolute atomic E-state index is 0.151. The Morgan fingerprint density at radius 2 is 2.09 bits per heavy atom. The van der Waals surface area contributed by atoms with Crippen LogP contribution in [0.1, 0.15) is 32.3 Å². The zero-order chi connectivity index (χ0) is 17.4. The fraction of sp³-hybridized carbons (Fsp3) is 0.529. The Hall–Kier alpha value is -2.24. The molecule has 0 aliphatic rings. The van der Waals surface area contributed by atoms with Crippen molar-refractivity contribution in [3.63, 3.8) is 0 Å². The van der Waals surface area contributed by atoms with Gasteiger partial charge in [0.05, 0.1) is 12.5 Å². The number of benzene rings is 1. The lowest BCUT2D eigenvalue weighted by atomic mass is 10.2. The van der Waals surface area contributed by atoms with Crippen LogP contribution in [0.15, 0.2) is 18.2 Å². The molecule has 1 aromatic rings. The first-order valence-corrected chi connectivity index (χ1v) is 7.83. The second-order valence-corrected chi connectivity index (χ2v) is 5.73. The zero-order valence-electron chi connectivity index (χ0n) is 14.3. The van der Waals surface area contributed by atoms with Gasteiger partial charge in [0.15, 0.2) is 0 Å². The van der Waals surface area contributed by atoms with Crippen molar-refractivity contribution in [3.05, 3.63) is 23.8 Å². The van der Waals surface area contributed by atoms with Gasteiger partial charge in [-0.2, -0.15) is 0 Å². The first kappa shape index (κ1) is 18.8. The van der Waals surface area contributed by atoms with E-state index in [2.05, 4.69) is 12.2 Å². The molecule has 6 heteroatoms. The monoisotopic (exact) mass is 322 g/mol. The number of carbonyl (C=O) groups excluding carboxylic acids is 1. The number of nitrogens with zero attached hydrogens (tertiary/aromatic N) is 1. The summed E-state index contributed by atoms with van der Waals surface area (Å²) in [5, 5.41) is 11.7. The van der Waals surface area contributed by atoms with Crippen molar-refractivity contribution in [1.29, 1.82) is 0 Å². The van der Waals surface area contributed by atoms with Crippen molar-refractivity contribution in [2.75, 3.05) is 25.5 Å². The van der Waals surface area contributed by atoms with Crippen molar-refractivity contribution in [3.8, 4) is 5.75 Å². The van der Waals surface area contributed by atoms with Crippen LogP contribution in [-0.2, 0) is 4.79 Å². The van der Waals surface area contributed by atoms with Gasteiger partial charge in [-0.3, -0.25) is 4.79 Å². The minimum Gasteiger partial charge on any atom is -0.494 e. The molecule has 128 valence electrons. The van der Waals surface area contributed by atoms with Gasteiger partial charge >= 0.3 is 12.0 Å². The number of amides is 2. The van der Waals surface area contributed by atoms with Gasteiger partial charge < -0.3 is 20.1 Å². The number of anilines is 1. The maximum Gasteiger partial charge on any atom is 0.321 e. The van der Waals surface area contributed by atoms with Crippen LogP contribution in [0, 0.1) is 12.8 Å². The number of ether oxygens (including phenoxy) is 1. The molecule has 1 unspecified atom stereocenters. The molecule has 0 saturated carbocycles. The smallest absolute Gasteiger partial charge is 0.321 e. The number of carboxylic acids is 1. The summed E-state index contributed by atoms with van der Waals surface area (Å²) in [5.74, 6) is -0.752. The summed E-state index contributed by atoms with van der Waals surface area (Å²) in [7, 11) is 1.58. The Kier molecular flexibility index (Phi) is 7.38. The summed E-state index contributed by atoms with van der Waals surface area (Å²) in [6.45, 7) is 6.40. The summed E-state index contributed by atoms with van der Waals surface area (Å²) >= 11 is 0. The fourth-order valence-electron chi connectivity index (χ4n) is 1.98. The van der Waals surface area contributed by atoms with Gasteiger partial charge in [-0.1, -0.05) is 20.3 Å². The normalized spacial score (nSPS) is 11.7. The molecule has 0 spiro atoms. The van der Waals surface area contributed by atoms with Gasteiger partial charge in [0, 0.05) is 19.3 Å². The van der Waals surface area contributed by atoms with Gasteiger partial charge in [0.25, 0.3) is 0 Å². The Morgan fingerprint density at radius 3 is 2.65 bits per heavy atom. The lowest BCUT2D eigenvalue weighted by Crippen LogP contribution is -2.36. The van der Waals surface area contributed by atoms with E-state index in [1.54, 1.807) is 20.0 Å². The minimum atomic E-state index is -0.922. The molecular formula is C17H26N2O4. The molecule has 0 aliphatic heterocycles. The Balaban J connectivity index is 2.62. The van der Waals surface area contributed by atoms with E-state index < -0.39 is 11.9 Å². The van der Waals surface area contributed by atoms with E-state index in [0.29, 0.717) is 12.3 Å². The highest BCUT2D eigenvalue weighted by atomic mass is 16.5. The molecule has 2 N–H and O–H groups in total. The first-order chi connectivity index (χ1) is 10.8. The van der Waals surface area contributed by atoms with Gasteiger partial charge in [-0.25, -0.2) is 4.79 Å². The Morgan fingerprint density at radius 1 is 1.39 bits per heavy atom. The maximum atomic E-state index is 12.1. The first-order valence-electron chi connectivity index (χ1n) is 7.83. The summed E-state index contributed by atoms with van der Waals surface area (Å²) in [6.07, 6.45) is 2.08. The highest BCUT2D eigenvalue weighted by Crippen LogP contribution is 2.22. The molecule has 0 aliphatic carbocycles. The summed E-state index contributed by atoms with van der Waals surface area (Å²) < 4.78 is 5.63. The van der Waals surface area contributed by atoms with E-state index in [0.717, 1.165) is 24.2 Å². The van der Waals surface area contributed by atoms with Crippen LogP contribution in [0.3, 0.4) is 0 Å². The third-order valence-electron chi connectivity index (χ3n) is 3.52. The van der Waals surface area contributed by atoms with Crippen molar-refractivity contribution in [2.45, 2.75) is 33.6 Å². The lowest BCUT2D eigenvalue weighted by Gasteiger charge is -2.20. The van der Waals surface area contributed by atoms with Gasteiger partial charge in [0.1, 0.15) is 5.75 Å². The van der Waals surface area contributed by atoms with Crippen LogP contribution in [0.5, 0.6) is 5.75 Å². The van der Waals surface area contributed by atoms with Crippen LogP contribution in [0.2, 0.25) is 0 Å². The highest BCUT2D eigenvalue weighted by Gasteiger charge is 2.17. The summed E-state index contributed by atoms with van der Waals surface area (Å²) in [6, 6.07) is 5.16. The number of aliphatic carboxylic acids is 1. The molecule has 1 rings (SSSR count). The number of unbranched alkanes of at least 4 members (excludes halogenated alkanes) is 1. The number of carbonyl (C=O) groups is 2. The highest BCUT2D eigenvalue weighted by molar-refractivity contribution is 5.90. The molecule has 0 radical (unpaired) electrons. The molecule has 0 aromatic heterocycles. The van der Waals surface area contributed by atoms with Crippen LogP contribution < -0.4 is 10.1 Å². The molecular weight excluding hydrogens is 296 g/mol. The number of rotatable bonds is 8. The number of hydrogen-bond donors (Lipinski definition) is 2. The van der Waals surface area contributed by atoms with E-state index in [4.69, 9.17) is 9.84 Å². The topological polar surface area (TPSA) is 78.9 Å². The van der Waals surface area contributed by atoms with E-state index in [1.165, 1.54) is 4.90 Å². The summed E-state index contributed by atoms with van der Waals surface area (Å²) in [4.78, 5) is 24.3. The molecule has 0 bridgehead atoms. The summed E-state index contributed by atoms with van der Waals surface area (Å²) in [5.41, 5.74) is 1.58. The third kappa shape index (κ3) is 6.18. The quantitative estimate of drug-likeness (QED) is 0.719. The van der Waals surface area contributed by atoms with Crippen molar-refractivity contribution in [1.82, 2.24) is 4.90 Å². The molecule has 1 atom stereocenters. The zero-order valence-corrected chi connectivity index (χ0v) is 14.3. The van der Waals surface area contributed by atoms with Crippen molar-refractivity contribution in [2.24, 2.45) is 5.92 Å². The van der Waals surface area contributed by atoms with Gasteiger partial charge in [-0.15, -0.1) is 0 Å². The largest absolute Gasteiger partial charge is 0.494 e. The van der Waals surface area contributed by atoms with Gasteiger partial charge in [0.2, 0.25) is 0 Å². The van der Waals surface area contributed by atoms with E-state index in [9.17, 15) is 9.59 Å². The number of hydrogen-bond acceptors (Lipinski definition) is 3. The maximum absolute atomic E-state index is 12.1. The van der Waals surface area contributed by atoms with E-state index >= 15 is 0 Å². The number of nitrogens with one attached hydrogen (secondary N) is 1. The van der Waals surface area contributed by atoms with Crippen LogP contribution in [0.25, 0.3) is 0 Å². The molecule has 23 heavy (non-hydrogen) atoms. The lowest BCUT2D eigenvalue weighted by molar-refractivity contribution is -0.141. The molecule has 6 nitrogen and oxygen atoms in total. The average molecular weight is 322 g/mol. The number of urea groups is 1. The second-order valence-electron chi connectivity index (χ2n) is 5.73. The van der Waals surface area contributed by atoms with Crippen LogP contribution >= 0.6 is 0 Å². The second kappa shape index (κ2) is 9.02. The van der Waals surface area contributed by atoms with Gasteiger partial charge in [-0.05, 0) is 37.1 Å². The van der Waals surface area contributed by atoms with Crippen molar-refractivity contribution < 1.29 is 19.4 Å².